The third-order valence-electron chi connectivity index (χ3n) is 7.31. The maximum atomic E-state index is 13.2. The summed E-state index contributed by atoms with van der Waals surface area (Å²) < 4.78 is 11.1. The van der Waals surface area contributed by atoms with E-state index in [1.54, 1.807) is 72.8 Å². The van der Waals surface area contributed by atoms with E-state index in [0.29, 0.717) is 68.9 Å². The molecule has 3 N–H and O–H groups in total. The number of unbranched alkanes of at least 4 members (excludes halogenated alkanes) is 3. The summed E-state index contributed by atoms with van der Waals surface area (Å²) in [5.74, 6) is 1.18. The quantitative estimate of drug-likeness (QED) is 0.108. The van der Waals surface area contributed by atoms with E-state index in [1.807, 2.05) is 42.5 Å². The van der Waals surface area contributed by atoms with Gasteiger partial charge in [-0.1, -0.05) is 72.1 Å². The van der Waals surface area contributed by atoms with Crippen molar-refractivity contribution in [2.45, 2.75) is 25.7 Å². The largest absolute Gasteiger partial charge is 0.507 e. The van der Waals surface area contributed by atoms with E-state index < -0.39 is 6.09 Å². The third-order valence-corrected chi connectivity index (χ3v) is 7.78. The lowest BCUT2D eigenvalue weighted by atomic mass is 9.94. The van der Waals surface area contributed by atoms with Gasteiger partial charge in [-0.15, -0.1) is 0 Å². The molecule has 5 aromatic carbocycles. The van der Waals surface area contributed by atoms with Crippen molar-refractivity contribution >= 4 is 40.9 Å². The number of benzene rings is 5. The lowest BCUT2D eigenvalue weighted by Crippen LogP contribution is -2.24. The Morgan fingerprint density at radius 2 is 1.26 bits per heavy atom. The summed E-state index contributed by atoms with van der Waals surface area (Å²) in [5.41, 5.74) is 3.39. The summed E-state index contributed by atoms with van der Waals surface area (Å²) in [7, 11) is 0. The topological polar surface area (TPSA) is 96.9 Å². The Bertz CT molecular complexity index is 1750. The zero-order valence-corrected chi connectivity index (χ0v) is 27.1. The molecule has 0 unspecified atom stereocenters. The Hall–Kier alpha value is -4.98. The molecule has 0 aromatic heterocycles. The van der Waals surface area contributed by atoms with E-state index in [9.17, 15) is 14.7 Å². The summed E-state index contributed by atoms with van der Waals surface area (Å²) in [6, 6.07) is 34.1. The molecular weight excluding hydrogens is 635 g/mol. The number of phenols is 1. The summed E-state index contributed by atoms with van der Waals surface area (Å²) in [4.78, 5) is 25.4. The van der Waals surface area contributed by atoms with Crippen LogP contribution in [-0.4, -0.2) is 30.3 Å². The molecular formula is C38H34Cl2N2O5. The molecule has 7 nitrogen and oxygen atoms in total. The van der Waals surface area contributed by atoms with Gasteiger partial charge >= 0.3 is 6.09 Å². The Morgan fingerprint density at radius 3 is 1.87 bits per heavy atom. The van der Waals surface area contributed by atoms with Gasteiger partial charge in [0.2, 0.25) is 0 Å². The average molecular weight is 670 g/mol. The minimum absolute atomic E-state index is 0.0355. The summed E-state index contributed by atoms with van der Waals surface area (Å²) >= 11 is 12.4. The number of amides is 2. The summed E-state index contributed by atoms with van der Waals surface area (Å²) in [5, 5.41) is 17.9. The molecule has 2 amide bonds. The first-order valence-electron chi connectivity index (χ1n) is 15.3. The number of aromatic hydroxyl groups is 1. The molecule has 9 heteroatoms. The molecule has 0 radical (unpaired) electrons. The molecule has 0 saturated heterocycles. The van der Waals surface area contributed by atoms with Crippen LogP contribution in [0.1, 0.15) is 36.0 Å². The highest BCUT2D eigenvalue weighted by Gasteiger charge is 2.17. The minimum atomic E-state index is -0.517. The number of nitrogens with one attached hydrogen (secondary N) is 2. The fourth-order valence-electron chi connectivity index (χ4n) is 4.95. The Kier molecular flexibility index (Phi) is 11.8. The maximum Gasteiger partial charge on any atom is 0.411 e. The van der Waals surface area contributed by atoms with Gasteiger partial charge in [-0.25, -0.2) is 4.79 Å². The molecule has 0 saturated carbocycles. The van der Waals surface area contributed by atoms with E-state index >= 15 is 0 Å². The van der Waals surface area contributed by atoms with Crippen molar-refractivity contribution in [3.63, 3.8) is 0 Å². The second kappa shape index (κ2) is 16.5. The molecule has 0 atom stereocenters. The van der Waals surface area contributed by atoms with Crippen LogP contribution in [0.4, 0.5) is 10.5 Å². The fraction of sp³-hybridized carbons (Fsp3) is 0.158. The number of hydrogen-bond donors (Lipinski definition) is 3. The van der Waals surface area contributed by atoms with Gasteiger partial charge in [0.05, 0.1) is 6.61 Å². The monoisotopic (exact) mass is 668 g/mol. The third kappa shape index (κ3) is 9.75. The predicted octanol–water partition coefficient (Wildman–Crippen LogP) is 10.4. The maximum absolute atomic E-state index is 13.2. The molecule has 0 spiro atoms. The molecule has 240 valence electrons. The van der Waals surface area contributed by atoms with Crippen LogP contribution in [0.25, 0.3) is 22.3 Å². The molecule has 0 aliphatic heterocycles. The number of phenolic OH excluding ortho intramolecular Hbond substituents is 1. The normalized spacial score (nSPS) is 10.7. The molecule has 0 heterocycles. The molecule has 0 aliphatic carbocycles. The number of anilines is 1. The zero-order chi connectivity index (χ0) is 33.0. The van der Waals surface area contributed by atoms with Gasteiger partial charge in [-0.05, 0) is 103 Å². The van der Waals surface area contributed by atoms with Crippen LogP contribution in [-0.2, 0) is 4.74 Å². The van der Waals surface area contributed by atoms with Gasteiger partial charge in [-0.2, -0.15) is 0 Å². The number of carbonyl (C=O) groups excluding carboxylic acids is 2. The number of halogens is 2. The van der Waals surface area contributed by atoms with Crippen LogP contribution in [0.3, 0.4) is 0 Å². The van der Waals surface area contributed by atoms with Gasteiger partial charge in [0.1, 0.15) is 17.2 Å². The Morgan fingerprint density at radius 1 is 0.660 bits per heavy atom. The van der Waals surface area contributed by atoms with Crippen molar-refractivity contribution < 1.29 is 24.2 Å². The lowest BCUT2D eigenvalue weighted by molar-refractivity contribution is 0.0952. The van der Waals surface area contributed by atoms with Crippen LogP contribution in [0.15, 0.2) is 115 Å². The zero-order valence-electron chi connectivity index (χ0n) is 25.5. The standard InChI is InChI=1S/C38H34Cl2N2O5/c39-29-12-8-10-26(22-29)34-24-28(25-35(36(34)43)27-11-9-13-30(40)23-27)37(44)41-20-6-1-2-7-21-46-38(45)42-31-16-18-33(19-17-31)47-32-14-4-3-5-15-32/h3-5,8-19,22-25,43H,1-2,6-7,20-21H2,(H,41,44)(H,42,45). The number of carbonyl (C=O) groups is 2. The molecule has 0 aliphatic rings. The molecule has 5 aromatic rings. The number of rotatable bonds is 13. The van der Waals surface area contributed by atoms with E-state index in [2.05, 4.69) is 10.6 Å². The number of para-hydroxylation sites is 1. The van der Waals surface area contributed by atoms with Gasteiger partial charge in [0.25, 0.3) is 5.91 Å². The van der Waals surface area contributed by atoms with Crippen molar-refractivity contribution in [3.8, 4) is 39.5 Å². The lowest BCUT2D eigenvalue weighted by Gasteiger charge is -2.14. The van der Waals surface area contributed by atoms with Crippen LogP contribution in [0, 0.1) is 0 Å². The second-order valence-corrected chi connectivity index (χ2v) is 11.7. The van der Waals surface area contributed by atoms with E-state index in [-0.39, 0.29) is 11.7 Å². The number of hydrogen-bond acceptors (Lipinski definition) is 5. The Labute approximate surface area is 284 Å². The molecule has 5 rings (SSSR count). The summed E-state index contributed by atoms with van der Waals surface area (Å²) in [6.07, 6.45) is 2.64. The van der Waals surface area contributed by atoms with Crippen molar-refractivity contribution in [2.75, 3.05) is 18.5 Å². The van der Waals surface area contributed by atoms with Gasteiger partial charge in [0.15, 0.2) is 0 Å². The molecule has 47 heavy (non-hydrogen) atoms. The van der Waals surface area contributed by atoms with Crippen LogP contribution in [0.2, 0.25) is 10.0 Å². The first kappa shape index (κ1) is 33.4. The highest BCUT2D eigenvalue weighted by atomic mass is 35.5. The van der Waals surface area contributed by atoms with Crippen LogP contribution < -0.4 is 15.4 Å². The fourth-order valence-corrected chi connectivity index (χ4v) is 5.33. The van der Waals surface area contributed by atoms with Crippen molar-refractivity contribution in [2.24, 2.45) is 0 Å². The molecule has 0 bridgehead atoms. The van der Waals surface area contributed by atoms with Crippen LogP contribution in [0.5, 0.6) is 17.2 Å². The summed E-state index contributed by atoms with van der Waals surface area (Å²) in [6.45, 7) is 0.767. The first-order valence-corrected chi connectivity index (χ1v) is 16.0. The smallest absolute Gasteiger partial charge is 0.411 e. The Balaban J connectivity index is 1.06. The molecule has 0 fully saturated rings. The van der Waals surface area contributed by atoms with E-state index in [4.69, 9.17) is 32.7 Å². The SMILES string of the molecule is O=C(Nc1ccc(Oc2ccccc2)cc1)OCCCCCCNC(=O)c1cc(-c2cccc(Cl)c2)c(O)c(-c2cccc(Cl)c2)c1. The van der Waals surface area contributed by atoms with E-state index in [1.165, 1.54) is 0 Å². The predicted molar refractivity (Wildman–Crippen MR) is 188 cm³/mol. The van der Waals surface area contributed by atoms with Crippen molar-refractivity contribution in [1.29, 1.82) is 0 Å². The van der Waals surface area contributed by atoms with Gasteiger partial charge in [-0.3, -0.25) is 10.1 Å². The second-order valence-electron chi connectivity index (χ2n) is 10.8. The minimum Gasteiger partial charge on any atom is -0.507 e. The first-order chi connectivity index (χ1) is 22.9. The van der Waals surface area contributed by atoms with Gasteiger partial charge in [0, 0.05) is 39.0 Å². The van der Waals surface area contributed by atoms with Crippen molar-refractivity contribution in [3.05, 3.63) is 131 Å². The highest BCUT2D eigenvalue weighted by molar-refractivity contribution is 6.31. The number of ether oxygens (including phenoxy) is 2. The van der Waals surface area contributed by atoms with E-state index in [0.717, 1.165) is 25.0 Å². The van der Waals surface area contributed by atoms with Crippen molar-refractivity contribution in [1.82, 2.24) is 5.32 Å². The highest BCUT2D eigenvalue weighted by Crippen LogP contribution is 2.40. The van der Waals surface area contributed by atoms with Gasteiger partial charge < -0.3 is 19.9 Å². The average Bonchev–Trinajstić information content (AvgIpc) is 3.07. The van der Waals surface area contributed by atoms with Crippen LogP contribution >= 0.6 is 23.2 Å².